The van der Waals surface area contributed by atoms with E-state index in [-0.39, 0.29) is 12.5 Å². The molecule has 0 saturated heterocycles. The SMILES string of the molecule is COc1ccc(NC(=S)NNC(=O)CN2CCCc3ccccc32)cc1. The molecule has 0 fully saturated rings. The molecular weight excluding hydrogens is 348 g/mol. The first kappa shape index (κ1) is 18.0. The van der Waals surface area contributed by atoms with Crippen molar-refractivity contribution in [3.05, 3.63) is 54.1 Å². The van der Waals surface area contributed by atoms with Gasteiger partial charge in [-0.2, -0.15) is 0 Å². The lowest BCUT2D eigenvalue weighted by Gasteiger charge is -2.30. The maximum atomic E-state index is 12.2. The van der Waals surface area contributed by atoms with Crippen molar-refractivity contribution in [2.45, 2.75) is 12.8 Å². The third-order valence-corrected chi connectivity index (χ3v) is 4.41. The lowest BCUT2D eigenvalue weighted by atomic mass is 10.0. The summed E-state index contributed by atoms with van der Waals surface area (Å²) >= 11 is 5.20. The van der Waals surface area contributed by atoms with Gasteiger partial charge in [0.15, 0.2) is 5.11 Å². The van der Waals surface area contributed by atoms with Gasteiger partial charge in [-0.3, -0.25) is 15.6 Å². The lowest BCUT2D eigenvalue weighted by molar-refractivity contribution is -0.120. The fourth-order valence-electron chi connectivity index (χ4n) is 2.95. The molecule has 6 nitrogen and oxygen atoms in total. The Bertz CT molecular complexity index is 779. The zero-order chi connectivity index (χ0) is 18.4. The largest absolute Gasteiger partial charge is 0.497 e. The molecule has 26 heavy (non-hydrogen) atoms. The summed E-state index contributed by atoms with van der Waals surface area (Å²) in [5, 5.41) is 3.33. The van der Waals surface area contributed by atoms with E-state index >= 15 is 0 Å². The van der Waals surface area contributed by atoms with Gasteiger partial charge in [-0.1, -0.05) is 18.2 Å². The van der Waals surface area contributed by atoms with Crippen molar-refractivity contribution in [2.75, 3.05) is 30.4 Å². The monoisotopic (exact) mass is 370 g/mol. The predicted molar refractivity (Wildman–Crippen MR) is 107 cm³/mol. The summed E-state index contributed by atoms with van der Waals surface area (Å²) < 4.78 is 5.11. The number of aryl methyl sites for hydroxylation is 1. The van der Waals surface area contributed by atoms with E-state index < -0.39 is 0 Å². The second-order valence-corrected chi connectivity index (χ2v) is 6.42. The molecule has 0 unspecified atom stereocenters. The number of hydrazine groups is 1. The molecule has 7 heteroatoms. The van der Waals surface area contributed by atoms with E-state index in [1.54, 1.807) is 7.11 Å². The molecule has 0 radical (unpaired) electrons. The van der Waals surface area contributed by atoms with E-state index in [1.807, 2.05) is 36.4 Å². The number of amides is 1. The van der Waals surface area contributed by atoms with Crippen LogP contribution in [-0.2, 0) is 11.2 Å². The normalized spacial score (nSPS) is 12.7. The average molecular weight is 370 g/mol. The summed E-state index contributed by atoms with van der Waals surface area (Å²) in [6.07, 6.45) is 2.11. The van der Waals surface area contributed by atoms with Crippen molar-refractivity contribution in [2.24, 2.45) is 0 Å². The zero-order valence-electron chi connectivity index (χ0n) is 14.6. The van der Waals surface area contributed by atoms with E-state index in [2.05, 4.69) is 33.2 Å². The Labute approximate surface area is 158 Å². The van der Waals surface area contributed by atoms with Crippen LogP contribution in [0.5, 0.6) is 5.75 Å². The topological polar surface area (TPSA) is 65.6 Å². The number of rotatable bonds is 4. The molecule has 136 valence electrons. The third kappa shape index (κ3) is 4.64. The van der Waals surface area contributed by atoms with Crippen molar-refractivity contribution >= 4 is 34.6 Å². The van der Waals surface area contributed by atoms with Crippen molar-refractivity contribution in [1.82, 2.24) is 10.9 Å². The molecule has 0 aliphatic carbocycles. The number of benzene rings is 2. The summed E-state index contributed by atoms with van der Waals surface area (Å²) in [6, 6.07) is 15.6. The Morgan fingerprint density at radius 2 is 1.92 bits per heavy atom. The van der Waals surface area contributed by atoms with Gasteiger partial charge in [-0.25, -0.2) is 0 Å². The highest BCUT2D eigenvalue weighted by Crippen LogP contribution is 2.26. The highest BCUT2D eigenvalue weighted by molar-refractivity contribution is 7.80. The zero-order valence-corrected chi connectivity index (χ0v) is 15.4. The molecule has 1 aliphatic rings. The first-order valence-electron chi connectivity index (χ1n) is 8.48. The number of carbonyl (C=O) groups excluding carboxylic acids is 1. The fraction of sp³-hybridized carbons (Fsp3) is 0.263. The molecular formula is C19H22N4O2S. The first-order valence-corrected chi connectivity index (χ1v) is 8.89. The third-order valence-electron chi connectivity index (χ3n) is 4.20. The summed E-state index contributed by atoms with van der Waals surface area (Å²) in [5.41, 5.74) is 8.61. The number of thiocarbonyl (C=S) groups is 1. The molecule has 1 heterocycles. The van der Waals surface area contributed by atoms with Crippen LogP contribution in [0.1, 0.15) is 12.0 Å². The number of hydrogen-bond acceptors (Lipinski definition) is 4. The second kappa shape index (κ2) is 8.53. The van der Waals surface area contributed by atoms with E-state index in [1.165, 1.54) is 5.56 Å². The molecule has 0 saturated carbocycles. The van der Waals surface area contributed by atoms with Crippen LogP contribution >= 0.6 is 12.2 Å². The van der Waals surface area contributed by atoms with Crippen LogP contribution in [0, 0.1) is 0 Å². The van der Waals surface area contributed by atoms with Crippen LogP contribution in [-0.4, -0.2) is 31.2 Å². The van der Waals surface area contributed by atoms with Gasteiger partial charge in [0.25, 0.3) is 5.91 Å². The predicted octanol–water partition coefficient (Wildman–Crippen LogP) is 2.47. The van der Waals surface area contributed by atoms with Gasteiger partial charge >= 0.3 is 0 Å². The van der Waals surface area contributed by atoms with E-state index in [0.29, 0.717) is 5.11 Å². The van der Waals surface area contributed by atoms with E-state index in [9.17, 15) is 4.79 Å². The molecule has 2 aromatic carbocycles. The van der Waals surface area contributed by atoms with Crippen LogP contribution in [0.25, 0.3) is 0 Å². The Balaban J connectivity index is 1.47. The van der Waals surface area contributed by atoms with Gasteiger partial charge in [-0.05, 0) is 61.0 Å². The lowest BCUT2D eigenvalue weighted by Crippen LogP contribution is -2.48. The maximum absolute atomic E-state index is 12.2. The number of nitrogens with one attached hydrogen (secondary N) is 3. The number of hydrogen-bond donors (Lipinski definition) is 3. The number of nitrogens with zero attached hydrogens (tertiary/aromatic N) is 1. The standard InChI is InChI=1S/C19H22N4O2S/c1-25-16-10-8-15(9-11-16)20-19(26)22-21-18(24)13-23-12-4-6-14-5-2-3-7-17(14)23/h2-3,5,7-11H,4,6,12-13H2,1H3,(H,21,24)(H2,20,22,26). The minimum Gasteiger partial charge on any atom is -0.497 e. The summed E-state index contributed by atoms with van der Waals surface area (Å²) in [7, 11) is 1.62. The van der Waals surface area contributed by atoms with Gasteiger partial charge < -0.3 is 15.0 Å². The van der Waals surface area contributed by atoms with Crippen molar-refractivity contribution in [1.29, 1.82) is 0 Å². The number of fused-ring (bicyclic) bond motifs is 1. The van der Waals surface area contributed by atoms with E-state index in [4.69, 9.17) is 17.0 Å². The summed E-state index contributed by atoms with van der Waals surface area (Å²) in [5.74, 6) is 0.630. The molecule has 1 amide bonds. The molecule has 3 N–H and O–H groups in total. The molecule has 0 aromatic heterocycles. The summed E-state index contributed by atoms with van der Waals surface area (Å²) in [6.45, 7) is 1.16. The highest BCUT2D eigenvalue weighted by atomic mass is 32.1. The van der Waals surface area contributed by atoms with Gasteiger partial charge in [0.1, 0.15) is 5.75 Å². The van der Waals surface area contributed by atoms with Gasteiger partial charge in [0.05, 0.1) is 13.7 Å². The van der Waals surface area contributed by atoms with Gasteiger partial charge in [-0.15, -0.1) is 0 Å². The Morgan fingerprint density at radius 1 is 1.15 bits per heavy atom. The van der Waals surface area contributed by atoms with Crippen LogP contribution in [0.15, 0.2) is 48.5 Å². The van der Waals surface area contributed by atoms with Crippen molar-refractivity contribution < 1.29 is 9.53 Å². The van der Waals surface area contributed by atoms with Crippen LogP contribution in [0.3, 0.4) is 0 Å². The highest BCUT2D eigenvalue weighted by Gasteiger charge is 2.18. The first-order chi connectivity index (χ1) is 12.7. The number of methoxy groups -OCH3 is 1. The smallest absolute Gasteiger partial charge is 0.257 e. The van der Waals surface area contributed by atoms with Crippen LogP contribution < -0.4 is 25.8 Å². The molecule has 0 spiro atoms. The molecule has 0 atom stereocenters. The van der Waals surface area contributed by atoms with Crippen LogP contribution in [0.4, 0.5) is 11.4 Å². The number of para-hydroxylation sites is 1. The van der Waals surface area contributed by atoms with Gasteiger partial charge in [0, 0.05) is 17.9 Å². The maximum Gasteiger partial charge on any atom is 0.257 e. The Morgan fingerprint density at radius 3 is 2.69 bits per heavy atom. The van der Waals surface area contributed by atoms with E-state index in [0.717, 1.165) is 36.5 Å². The second-order valence-electron chi connectivity index (χ2n) is 6.01. The molecule has 3 rings (SSSR count). The Hall–Kier alpha value is -2.80. The Kier molecular flexibility index (Phi) is 5.91. The number of ether oxygens (including phenoxy) is 1. The average Bonchev–Trinajstić information content (AvgIpc) is 2.67. The number of carbonyl (C=O) groups is 1. The van der Waals surface area contributed by atoms with Crippen molar-refractivity contribution in [3.8, 4) is 5.75 Å². The number of anilines is 2. The summed E-state index contributed by atoms with van der Waals surface area (Å²) in [4.78, 5) is 14.3. The molecule has 2 aromatic rings. The van der Waals surface area contributed by atoms with Crippen LogP contribution in [0.2, 0.25) is 0 Å². The molecule has 0 bridgehead atoms. The minimum absolute atomic E-state index is 0.138. The van der Waals surface area contributed by atoms with Gasteiger partial charge in [0.2, 0.25) is 0 Å². The van der Waals surface area contributed by atoms with Crippen molar-refractivity contribution in [3.63, 3.8) is 0 Å². The minimum atomic E-state index is -0.138. The quantitative estimate of drug-likeness (QED) is 0.568. The fourth-order valence-corrected chi connectivity index (χ4v) is 3.12. The molecule has 1 aliphatic heterocycles.